The van der Waals surface area contributed by atoms with Crippen LogP contribution in [0.5, 0.6) is 5.75 Å². The largest absolute Gasteiger partial charge is 0.494 e. The van der Waals surface area contributed by atoms with E-state index in [2.05, 4.69) is 27.4 Å². The summed E-state index contributed by atoms with van der Waals surface area (Å²) in [6.07, 6.45) is 10.2. The number of nitrogens with one attached hydrogen (secondary N) is 1. The van der Waals surface area contributed by atoms with Crippen LogP contribution in [-0.4, -0.2) is 41.7 Å². The van der Waals surface area contributed by atoms with Gasteiger partial charge in [-0.05, 0) is 54.4 Å². The van der Waals surface area contributed by atoms with Gasteiger partial charge in [-0.3, -0.25) is 14.2 Å². The minimum Gasteiger partial charge on any atom is -0.494 e. The maximum atomic E-state index is 12.3. The van der Waals surface area contributed by atoms with Crippen LogP contribution in [0.4, 0.5) is 0 Å². The number of unbranched alkanes of at least 4 members (excludes halogenated alkanes) is 1. The second-order valence-corrected chi connectivity index (χ2v) is 8.33. The van der Waals surface area contributed by atoms with E-state index in [9.17, 15) is 4.79 Å². The summed E-state index contributed by atoms with van der Waals surface area (Å²) in [6, 6.07) is 13.7. The number of hydrogen-bond acceptors (Lipinski definition) is 6. The Kier molecular flexibility index (Phi) is 6.65. The summed E-state index contributed by atoms with van der Waals surface area (Å²) in [4.78, 5) is 16.3. The van der Waals surface area contributed by atoms with Crippen molar-refractivity contribution in [2.45, 2.75) is 39.2 Å². The number of carbonyl (C=O) groups is 1. The fourth-order valence-electron chi connectivity index (χ4n) is 3.84. The minimum absolute atomic E-state index is 0.0339. The van der Waals surface area contributed by atoms with Crippen LogP contribution >= 0.6 is 0 Å². The van der Waals surface area contributed by atoms with Gasteiger partial charge in [0.15, 0.2) is 5.65 Å². The van der Waals surface area contributed by atoms with Crippen molar-refractivity contribution in [3.8, 4) is 17.0 Å². The van der Waals surface area contributed by atoms with Crippen LogP contribution in [0.25, 0.3) is 22.4 Å². The molecule has 0 spiro atoms. The third-order valence-corrected chi connectivity index (χ3v) is 5.82. The number of fused-ring (bicyclic) bond motifs is 3. The molecule has 4 heterocycles. The Morgan fingerprint density at radius 3 is 2.69 bits per heavy atom. The number of pyridine rings is 1. The quantitative estimate of drug-likeness (QED) is 0.312. The maximum Gasteiger partial charge on any atom is 0.220 e. The van der Waals surface area contributed by atoms with Crippen LogP contribution in [0.2, 0.25) is 0 Å². The van der Waals surface area contributed by atoms with Gasteiger partial charge in [-0.15, -0.1) is 10.2 Å². The summed E-state index contributed by atoms with van der Waals surface area (Å²) < 4.78 is 9.48. The molecule has 1 aromatic carbocycles. The molecule has 0 atom stereocenters. The second kappa shape index (κ2) is 10.3. The van der Waals surface area contributed by atoms with E-state index in [-0.39, 0.29) is 5.91 Å². The van der Waals surface area contributed by atoms with Gasteiger partial charge < -0.3 is 10.1 Å². The van der Waals surface area contributed by atoms with Crippen molar-refractivity contribution in [2.75, 3.05) is 6.61 Å². The van der Waals surface area contributed by atoms with Gasteiger partial charge in [0, 0.05) is 49.7 Å². The number of rotatable bonds is 10. The third kappa shape index (κ3) is 5.13. The van der Waals surface area contributed by atoms with E-state index in [1.54, 1.807) is 16.9 Å². The first kappa shape index (κ1) is 22.5. The van der Waals surface area contributed by atoms with Crippen LogP contribution in [0, 0.1) is 0 Å². The molecule has 0 unspecified atom stereocenters. The number of aromatic nitrogens is 6. The fraction of sp³-hybridized carbons (Fsp3) is 0.269. The molecule has 5 aromatic rings. The van der Waals surface area contributed by atoms with Gasteiger partial charge in [-0.25, -0.2) is 4.52 Å². The zero-order chi connectivity index (χ0) is 24.0. The predicted molar refractivity (Wildman–Crippen MR) is 132 cm³/mol. The summed E-state index contributed by atoms with van der Waals surface area (Å²) >= 11 is 0. The molecule has 0 radical (unpaired) electrons. The van der Waals surface area contributed by atoms with Gasteiger partial charge in [0.25, 0.3) is 0 Å². The van der Waals surface area contributed by atoms with E-state index in [0.717, 1.165) is 53.4 Å². The molecule has 1 amide bonds. The van der Waals surface area contributed by atoms with Gasteiger partial charge in [0.1, 0.15) is 17.1 Å². The molecule has 9 heteroatoms. The Hall–Kier alpha value is -4.27. The van der Waals surface area contributed by atoms with Crippen molar-refractivity contribution in [2.24, 2.45) is 0 Å². The summed E-state index contributed by atoms with van der Waals surface area (Å²) in [7, 11) is 0. The van der Waals surface area contributed by atoms with Crippen LogP contribution in [0.15, 0.2) is 67.3 Å². The molecule has 0 aliphatic carbocycles. The summed E-state index contributed by atoms with van der Waals surface area (Å²) in [6.45, 7) is 3.35. The maximum absolute atomic E-state index is 12.3. The van der Waals surface area contributed by atoms with Crippen molar-refractivity contribution in [1.82, 2.24) is 34.5 Å². The second-order valence-electron chi connectivity index (χ2n) is 8.33. The average Bonchev–Trinajstić information content (AvgIpc) is 3.51. The van der Waals surface area contributed by atoms with E-state index < -0.39 is 0 Å². The van der Waals surface area contributed by atoms with Crippen LogP contribution in [0.1, 0.15) is 37.6 Å². The standard InChI is InChI=1S/C26H27N7O2/c1-2-3-16-35-21-6-4-20(5-7-21)22-17-23-26-30-29-24(32(26)14-15-33(23)31-22)8-9-25(34)28-18-19-10-12-27-13-11-19/h4-7,10-15,17H,2-3,8-9,16,18H2,1H3,(H,28,34). The number of carbonyl (C=O) groups excluding carboxylic acids is 1. The molecule has 9 nitrogen and oxygen atoms in total. The third-order valence-electron chi connectivity index (χ3n) is 5.82. The zero-order valence-corrected chi connectivity index (χ0v) is 19.6. The monoisotopic (exact) mass is 469 g/mol. The van der Waals surface area contributed by atoms with Crippen molar-refractivity contribution in [1.29, 1.82) is 0 Å². The Morgan fingerprint density at radius 2 is 1.89 bits per heavy atom. The predicted octanol–water partition coefficient (Wildman–Crippen LogP) is 3.87. The molecule has 0 saturated carbocycles. The molecule has 5 rings (SSSR count). The smallest absolute Gasteiger partial charge is 0.220 e. The highest BCUT2D eigenvalue weighted by Crippen LogP contribution is 2.24. The first-order chi connectivity index (χ1) is 17.2. The van der Waals surface area contributed by atoms with Crippen LogP contribution in [-0.2, 0) is 17.8 Å². The minimum atomic E-state index is -0.0339. The number of aryl methyl sites for hydroxylation is 1. The number of benzene rings is 1. The van der Waals surface area contributed by atoms with E-state index in [4.69, 9.17) is 9.84 Å². The average molecular weight is 470 g/mol. The lowest BCUT2D eigenvalue weighted by Gasteiger charge is -2.05. The van der Waals surface area contributed by atoms with Crippen molar-refractivity contribution >= 4 is 17.1 Å². The number of nitrogens with zero attached hydrogens (tertiary/aromatic N) is 6. The van der Waals surface area contributed by atoms with E-state index in [1.807, 2.05) is 59.3 Å². The van der Waals surface area contributed by atoms with Crippen molar-refractivity contribution < 1.29 is 9.53 Å². The number of hydrogen-bond donors (Lipinski definition) is 1. The molecule has 0 bridgehead atoms. The molecule has 0 saturated heterocycles. The van der Waals surface area contributed by atoms with E-state index >= 15 is 0 Å². The van der Waals surface area contributed by atoms with Crippen LogP contribution in [0.3, 0.4) is 0 Å². The number of ether oxygens (including phenoxy) is 1. The number of amides is 1. The Bertz CT molecular complexity index is 1430. The van der Waals surface area contributed by atoms with Gasteiger partial charge in [0.2, 0.25) is 5.91 Å². The van der Waals surface area contributed by atoms with E-state index in [0.29, 0.717) is 25.0 Å². The van der Waals surface area contributed by atoms with Gasteiger partial charge in [-0.1, -0.05) is 13.3 Å². The highest BCUT2D eigenvalue weighted by atomic mass is 16.5. The molecule has 1 N–H and O–H groups in total. The molecule has 0 aliphatic heterocycles. The van der Waals surface area contributed by atoms with Gasteiger partial charge in [-0.2, -0.15) is 5.10 Å². The first-order valence-corrected chi connectivity index (χ1v) is 11.8. The Morgan fingerprint density at radius 1 is 1.06 bits per heavy atom. The molecule has 0 aliphatic rings. The summed E-state index contributed by atoms with van der Waals surface area (Å²) in [5, 5.41) is 16.3. The molecular weight excluding hydrogens is 442 g/mol. The lowest BCUT2D eigenvalue weighted by Crippen LogP contribution is -2.23. The lowest BCUT2D eigenvalue weighted by molar-refractivity contribution is -0.121. The zero-order valence-electron chi connectivity index (χ0n) is 19.6. The lowest BCUT2D eigenvalue weighted by atomic mass is 10.1. The molecule has 4 aromatic heterocycles. The molecule has 0 fully saturated rings. The summed E-state index contributed by atoms with van der Waals surface area (Å²) in [5.74, 6) is 1.56. The highest BCUT2D eigenvalue weighted by Gasteiger charge is 2.14. The van der Waals surface area contributed by atoms with Gasteiger partial charge in [0.05, 0.1) is 12.3 Å². The molecule has 35 heavy (non-hydrogen) atoms. The Labute approximate surface area is 202 Å². The highest BCUT2D eigenvalue weighted by molar-refractivity contribution is 5.77. The fourth-order valence-corrected chi connectivity index (χ4v) is 3.84. The topological polar surface area (TPSA) is 98.7 Å². The van der Waals surface area contributed by atoms with E-state index in [1.165, 1.54) is 0 Å². The van der Waals surface area contributed by atoms with Crippen molar-refractivity contribution in [3.63, 3.8) is 0 Å². The van der Waals surface area contributed by atoms with Gasteiger partial charge >= 0.3 is 0 Å². The first-order valence-electron chi connectivity index (χ1n) is 11.8. The molecular formula is C26H27N7O2. The van der Waals surface area contributed by atoms with Crippen LogP contribution < -0.4 is 10.1 Å². The SMILES string of the molecule is CCCCOc1ccc(-c2cc3c4nnc(CCC(=O)NCc5ccncc5)n4ccn3n2)cc1. The normalized spacial score (nSPS) is 11.2. The van der Waals surface area contributed by atoms with Crippen molar-refractivity contribution in [3.05, 3.63) is 78.6 Å². The Balaban J connectivity index is 1.27. The molecule has 178 valence electrons. The summed E-state index contributed by atoms with van der Waals surface area (Å²) in [5.41, 5.74) is 4.42.